The molecule has 1 aromatic carbocycles. The van der Waals surface area contributed by atoms with Crippen LogP contribution in [0.3, 0.4) is 0 Å². The number of nitriles is 1. The van der Waals surface area contributed by atoms with Crippen LogP contribution in [0.5, 0.6) is 0 Å². The molecule has 0 N–H and O–H groups in total. The molecule has 7 nitrogen and oxygen atoms in total. The summed E-state index contributed by atoms with van der Waals surface area (Å²) in [6, 6.07) is 4.93. The lowest BCUT2D eigenvalue weighted by molar-refractivity contribution is 0.199. The summed E-state index contributed by atoms with van der Waals surface area (Å²) >= 11 is 0. The van der Waals surface area contributed by atoms with E-state index in [0.717, 1.165) is 0 Å². The molecule has 0 amide bonds. The Morgan fingerprint density at radius 3 is 2.64 bits per heavy atom. The van der Waals surface area contributed by atoms with Crippen LogP contribution in [0.15, 0.2) is 18.3 Å². The van der Waals surface area contributed by atoms with Crippen molar-refractivity contribution < 1.29 is 17.5 Å². The van der Waals surface area contributed by atoms with E-state index in [2.05, 4.69) is 11.1 Å². The molecule has 0 unspecified atom stereocenters. The van der Waals surface area contributed by atoms with Crippen molar-refractivity contribution in [3.8, 4) is 6.07 Å². The van der Waals surface area contributed by atoms with Gasteiger partial charge in [0, 0.05) is 51.5 Å². The third kappa shape index (κ3) is 4.09. The number of hydrogen-bond donors (Lipinski definition) is 0. The van der Waals surface area contributed by atoms with E-state index in [9.17, 15) is 18.1 Å². The number of hydrogen-bond acceptors (Lipinski definition) is 6. The molecule has 2 heterocycles. The van der Waals surface area contributed by atoms with E-state index in [-0.39, 0.29) is 11.6 Å². The molecule has 1 aliphatic rings. The minimum Gasteiger partial charge on any atom is -0.385 e. The van der Waals surface area contributed by atoms with Crippen molar-refractivity contribution in [2.75, 3.05) is 50.5 Å². The monoisotopic (exact) mass is 406 g/mol. The van der Waals surface area contributed by atoms with Crippen molar-refractivity contribution in [3.63, 3.8) is 0 Å². The van der Waals surface area contributed by atoms with E-state index < -0.39 is 10.0 Å². The van der Waals surface area contributed by atoms with E-state index >= 15 is 0 Å². The predicted octanol–water partition coefficient (Wildman–Crippen LogP) is 2.04. The summed E-state index contributed by atoms with van der Waals surface area (Å²) in [6.45, 7) is 3.66. The first-order valence-electron chi connectivity index (χ1n) is 9.08. The van der Waals surface area contributed by atoms with Gasteiger partial charge in [-0.2, -0.15) is 9.57 Å². The largest absolute Gasteiger partial charge is 0.385 e. The van der Waals surface area contributed by atoms with E-state index in [1.54, 1.807) is 14.0 Å². The number of pyridine rings is 1. The van der Waals surface area contributed by atoms with Crippen molar-refractivity contribution in [2.24, 2.45) is 0 Å². The number of anilines is 1. The van der Waals surface area contributed by atoms with Crippen molar-refractivity contribution in [1.82, 2.24) is 9.29 Å². The minimum atomic E-state index is -3.34. The summed E-state index contributed by atoms with van der Waals surface area (Å²) < 4.78 is 45.4. The number of rotatable bonds is 6. The van der Waals surface area contributed by atoms with Crippen molar-refractivity contribution in [3.05, 3.63) is 35.3 Å². The number of aromatic nitrogens is 1. The fourth-order valence-corrected chi connectivity index (χ4v) is 5.01. The van der Waals surface area contributed by atoms with Crippen molar-refractivity contribution in [2.45, 2.75) is 13.3 Å². The number of aryl methyl sites for hydroxylation is 1. The van der Waals surface area contributed by atoms with Gasteiger partial charge in [0.2, 0.25) is 10.0 Å². The first-order chi connectivity index (χ1) is 13.4. The molecule has 1 aromatic heterocycles. The Labute approximate surface area is 164 Å². The number of benzene rings is 1. The maximum atomic E-state index is 14.0. The zero-order valence-corrected chi connectivity index (χ0v) is 16.8. The first-order valence-corrected chi connectivity index (χ1v) is 10.7. The molecular formula is C19H23FN4O3S. The quantitative estimate of drug-likeness (QED) is 0.683. The Morgan fingerprint density at radius 2 is 2.00 bits per heavy atom. The van der Waals surface area contributed by atoms with Crippen LogP contribution in [0, 0.1) is 24.1 Å². The van der Waals surface area contributed by atoms with Gasteiger partial charge in [-0.05, 0) is 31.0 Å². The minimum absolute atomic E-state index is 0.0485. The number of methoxy groups -OCH3 is 1. The fraction of sp³-hybridized carbons (Fsp3) is 0.474. The Kier molecular flexibility index (Phi) is 6.13. The summed E-state index contributed by atoms with van der Waals surface area (Å²) in [6.07, 6.45) is 1.95. The molecule has 0 saturated carbocycles. The summed E-state index contributed by atoms with van der Waals surface area (Å²) in [4.78, 5) is 6.26. The third-order valence-corrected chi connectivity index (χ3v) is 6.87. The maximum Gasteiger partial charge on any atom is 0.214 e. The van der Waals surface area contributed by atoms with Crippen LogP contribution in [-0.4, -0.2) is 63.4 Å². The summed E-state index contributed by atoms with van der Waals surface area (Å²) in [5, 5.41) is 10.1. The molecular weight excluding hydrogens is 383 g/mol. The number of ether oxygens (including phenoxy) is 1. The second-order valence-corrected chi connectivity index (χ2v) is 8.89. The average Bonchev–Trinajstić information content (AvgIpc) is 2.67. The Morgan fingerprint density at radius 1 is 1.29 bits per heavy atom. The van der Waals surface area contributed by atoms with Crippen LogP contribution in [0.1, 0.15) is 17.5 Å². The number of fused-ring (bicyclic) bond motifs is 1. The average molecular weight is 406 g/mol. The van der Waals surface area contributed by atoms with Crippen molar-refractivity contribution in [1.29, 1.82) is 5.26 Å². The predicted molar refractivity (Wildman–Crippen MR) is 105 cm³/mol. The topological polar surface area (TPSA) is 86.5 Å². The Balaban J connectivity index is 1.87. The fourth-order valence-electron chi connectivity index (χ4n) is 3.55. The maximum absolute atomic E-state index is 14.0. The van der Waals surface area contributed by atoms with Crippen LogP contribution in [0.2, 0.25) is 0 Å². The van der Waals surface area contributed by atoms with Crippen molar-refractivity contribution >= 4 is 26.6 Å². The van der Waals surface area contributed by atoms with E-state index in [1.807, 2.05) is 4.90 Å². The van der Waals surface area contributed by atoms with Gasteiger partial charge in [-0.15, -0.1) is 0 Å². The molecule has 0 spiro atoms. The molecule has 0 bridgehead atoms. The molecule has 2 aromatic rings. The zero-order valence-electron chi connectivity index (χ0n) is 16.0. The zero-order chi connectivity index (χ0) is 20.3. The number of halogens is 1. The highest BCUT2D eigenvalue weighted by Crippen LogP contribution is 2.32. The van der Waals surface area contributed by atoms with E-state index in [4.69, 9.17) is 4.74 Å². The highest BCUT2D eigenvalue weighted by atomic mass is 32.2. The second kappa shape index (κ2) is 8.39. The van der Waals surface area contributed by atoms with Gasteiger partial charge in [-0.25, -0.2) is 12.8 Å². The second-order valence-electron chi connectivity index (χ2n) is 6.80. The molecule has 0 aliphatic carbocycles. The summed E-state index contributed by atoms with van der Waals surface area (Å²) in [5.74, 6) is -0.338. The van der Waals surface area contributed by atoms with Crippen LogP contribution in [-0.2, 0) is 14.8 Å². The van der Waals surface area contributed by atoms with Gasteiger partial charge >= 0.3 is 0 Å². The number of piperazine rings is 1. The first kappa shape index (κ1) is 20.5. The molecule has 0 atom stereocenters. The van der Waals surface area contributed by atoms with Gasteiger partial charge in [-0.1, -0.05) is 0 Å². The summed E-state index contributed by atoms with van der Waals surface area (Å²) in [7, 11) is -1.80. The van der Waals surface area contributed by atoms with Gasteiger partial charge in [0.25, 0.3) is 0 Å². The van der Waals surface area contributed by atoms with Gasteiger partial charge in [-0.3, -0.25) is 4.98 Å². The molecule has 150 valence electrons. The highest BCUT2D eigenvalue weighted by Gasteiger charge is 2.28. The molecule has 3 rings (SSSR count). The smallest absolute Gasteiger partial charge is 0.214 e. The lowest BCUT2D eigenvalue weighted by Gasteiger charge is -2.36. The molecule has 1 aliphatic heterocycles. The van der Waals surface area contributed by atoms with Crippen LogP contribution >= 0.6 is 0 Å². The van der Waals surface area contributed by atoms with Crippen LogP contribution in [0.25, 0.3) is 10.9 Å². The molecule has 0 radical (unpaired) electrons. The van der Waals surface area contributed by atoms with Gasteiger partial charge < -0.3 is 9.64 Å². The van der Waals surface area contributed by atoms with Gasteiger partial charge in [0.05, 0.1) is 22.5 Å². The Hall–Kier alpha value is -2.28. The van der Waals surface area contributed by atoms with Crippen LogP contribution in [0.4, 0.5) is 10.1 Å². The van der Waals surface area contributed by atoms with Gasteiger partial charge in [0.15, 0.2) is 0 Å². The summed E-state index contributed by atoms with van der Waals surface area (Å²) in [5.41, 5.74) is 2.31. The normalized spacial score (nSPS) is 15.7. The molecule has 1 saturated heterocycles. The standard InChI is InChI=1S/C19H23FN4O3S/c1-14-10-16(20)11-17-18(14)22-13-15(12-21)19(17)23-4-6-24(7-5-23)28(25,26)9-3-8-27-2/h10-11,13H,3-9H2,1-2H3. The Bertz CT molecular complexity index is 1010. The highest BCUT2D eigenvalue weighted by molar-refractivity contribution is 7.89. The molecule has 28 heavy (non-hydrogen) atoms. The number of nitrogens with zero attached hydrogens (tertiary/aromatic N) is 4. The number of sulfonamides is 1. The van der Waals surface area contributed by atoms with E-state index in [1.165, 1.54) is 22.6 Å². The molecule has 9 heteroatoms. The van der Waals surface area contributed by atoms with E-state index in [0.29, 0.717) is 66.9 Å². The van der Waals surface area contributed by atoms with Crippen LogP contribution < -0.4 is 4.90 Å². The SMILES string of the molecule is COCCCS(=O)(=O)N1CCN(c2c(C#N)cnc3c(C)cc(F)cc23)CC1. The molecule has 1 fully saturated rings. The lowest BCUT2D eigenvalue weighted by Crippen LogP contribution is -2.49. The van der Waals surface area contributed by atoms with Gasteiger partial charge in [0.1, 0.15) is 11.9 Å². The lowest BCUT2D eigenvalue weighted by atomic mass is 10.0. The third-order valence-electron chi connectivity index (χ3n) is 4.92.